The number of sulfonamides is 1. The molecule has 168 valence electrons. The van der Waals surface area contributed by atoms with Gasteiger partial charge in [-0.15, -0.1) is 0 Å². The van der Waals surface area contributed by atoms with Crippen LogP contribution in [0.2, 0.25) is 0 Å². The van der Waals surface area contributed by atoms with Gasteiger partial charge in [-0.1, -0.05) is 0 Å². The smallest absolute Gasteiger partial charge is 0.349 e. The van der Waals surface area contributed by atoms with Crippen molar-refractivity contribution >= 4 is 38.3 Å². The van der Waals surface area contributed by atoms with E-state index < -0.39 is 21.6 Å². The van der Waals surface area contributed by atoms with Gasteiger partial charge in [-0.25, -0.2) is 17.9 Å². The molecule has 0 aliphatic heterocycles. The molecule has 2 aromatic carbocycles. The molecule has 1 aliphatic carbocycles. The van der Waals surface area contributed by atoms with Gasteiger partial charge in [0.05, 0.1) is 4.90 Å². The van der Waals surface area contributed by atoms with E-state index in [1.165, 1.54) is 30.3 Å². The first-order chi connectivity index (χ1) is 15.3. The maximum absolute atomic E-state index is 12.7. The second kappa shape index (κ2) is 8.76. The summed E-state index contributed by atoms with van der Waals surface area (Å²) in [7, 11) is -3.57. The first-order valence-corrected chi connectivity index (χ1v) is 12.1. The molecule has 0 atom stereocenters. The summed E-state index contributed by atoms with van der Waals surface area (Å²) >= 11 is 0. The van der Waals surface area contributed by atoms with Crippen LogP contribution >= 0.6 is 0 Å². The lowest BCUT2D eigenvalue weighted by molar-refractivity contribution is 0.102. The number of benzene rings is 2. The van der Waals surface area contributed by atoms with Crippen LogP contribution in [0.5, 0.6) is 0 Å². The molecule has 3 aromatic rings. The molecule has 1 aromatic heterocycles. The Bertz CT molecular complexity index is 1310. The molecule has 1 aliphatic rings. The number of hydrogen-bond donors (Lipinski definition) is 2. The Kier molecular flexibility index (Phi) is 6.03. The average Bonchev–Trinajstić information content (AvgIpc) is 3.57. The second-order valence-electron chi connectivity index (χ2n) is 7.72. The molecular weight excluding hydrogens is 430 g/mol. The molecule has 4 rings (SSSR count). The topological polar surface area (TPSA) is 109 Å². The zero-order valence-electron chi connectivity index (χ0n) is 17.9. The largest absolute Gasteiger partial charge is 0.422 e. The van der Waals surface area contributed by atoms with Gasteiger partial charge in [0.2, 0.25) is 10.0 Å². The van der Waals surface area contributed by atoms with Crippen molar-refractivity contribution in [2.45, 2.75) is 37.6 Å². The van der Waals surface area contributed by atoms with Gasteiger partial charge in [0.25, 0.3) is 5.91 Å². The number of hydrogen-bond acceptors (Lipinski definition) is 6. The molecule has 0 spiro atoms. The standard InChI is InChI=1S/C23H25N3O5S/c1-3-26(4-2)18-10-5-15-13-20(23(28)31-21(15)14-18)22(27)24-16-8-11-19(12-9-16)32(29,30)25-17-6-7-17/h5,8-14,17,25H,3-4,6-7H2,1-2H3,(H,24,27). The fourth-order valence-corrected chi connectivity index (χ4v) is 4.75. The Morgan fingerprint density at radius 1 is 1.06 bits per heavy atom. The Hall–Kier alpha value is -3.17. The molecule has 0 radical (unpaired) electrons. The van der Waals surface area contributed by atoms with Crippen molar-refractivity contribution in [3.63, 3.8) is 0 Å². The van der Waals surface area contributed by atoms with E-state index in [0.29, 0.717) is 16.7 Å². The van der Waals surface area contributed by atoms with Crippen molar-refractivity contribution in [1.82, 2.24) is 4.72 Å². The van der Waals surface area contributed by atoms with E-state index in [2.05, 4.69) is 14.9 Å². The van der Waals surface area contributed by atoms with Crippen LogP contribution in [0.25, 0.3) is 11.0 Å². The van der Waals surface area contributed by atoms with Crippen molar-refractivity contribution < 1.29 is 17.6 Å². The number of rotatable bonds is 8. The highest BCUT2D eigenvalue weighted by Gasteiger charge is 2.27. The van der Waals surface area contributed by atoms with E-state index in [-0.39, 0.29) is 16.5 Å². The fraction of sp³-hybridized carbons (Fsp3) is 0.304. The van der Waals surface area contributed by atoms with Crippen LogP contribution in [-0.2, 0) is 10.0 Å². The summed E-state index contributed by atoms with van der Waals surface area (Å²) in [5, 5.41) is 3.26. The van der Waals surface area contributed by atoms with Crippen LogP contribution < -0.4 is 20.6 Å². The van der Waals surface area contributed by atoms with Crippen molar-refractivity contribution in [3.8, 4) is 0 Å². The van der Waals surface area contributed by atoms with Crippen molar-refractivity contribution in [2.24, 2.45) is 0 Å². The number of fused-ring (bicyclic) bond motifs is 1. The normalized spacial score (nSPS) is 13.8. The lowest BCUT2D eigenvalue weighted by Crippen LogP contribution is -2.25. The van der Waals surface area contributed by atoms with E-state index in [1.54, 1.807) is 6.07 Å². The summed E-state index contributed by atoms with van der Waals surface area (Å²) in [4.78, 5) is 27.4. The zero-order valence-corrected chi connectivity index (χ0v) is 18.7. The number of anilines is 2. The fourth-order valence-electron chi connectivity index (χ4n) is 3.45. The van der Waals surface area contributed by atoms with Crippen LogP contribution in [0.3, 0.4) is 0 Å². The highest BCUT2D eigenvalue weighted by atomic mass is 32.2. The minimum atomic E-state index is -3.57. The number of carbonyl (C=O) groups is 1. The number of carbonyl (C=O) groups excluding carboxylic acids is 1. The quantitative estimate of drug-likeness (QED) is 0.505. The maximum Gasteiger partial charge on any atom is 0.349 e. The Balaban J connectivity index is 1.53. The predicted molar refractivity (Wildman–Crippen MR) is 124 cm³/mol. The van der Waals surface area contributed by atoms with Gasteiger partial charge < -0.3 is 14.6 Å². The average molecular weight is 456 g/mol. The minimum absolute atomic E-state index is 0.00889. The Morgan fingerprint density at radius 3 is 2.38 bits per heavy atom. The van der Waals surface area contributed by atoms with Gasteiger partial charge in [-0.3, -0.25) is 4.79 Å². The summed E-state index contributed by atoms with van der Waals surface area (Å²) in [6, 6.07) is 12.8. The van der Waals surface area contributed by atoms with Crippen molar-refractivity contribution in [3.05, 3.63) is 64.5 Å². The molecule has 0 saturated heterocycles. The molecule has 0 bridgehead atoms. The minimum Gasteiger partial charge on any atom is -0.422 e. The highest BCUT2D eigenvalue weighted by molar-refractivity contribution is 7.89. The van der Waals surface area contributed by atoms with Gasteiger partial charge in [-0.2, -0.15) is 0 Å². The molecule has 1 saturated carbocycles. The molecular formula is C23H25N3O5S. The summed E-state index contributed by atoms with van der Waals surface area (Å²) in [5.74, 6) is -0.625. The Labute approximate surface area is 186 Å². The monoisotopic (exact) mass is 455 g/mol. The third-order valence-electron chi connectivity index (χ3n) is 5.41. The maximum atomic E-state index is 12.7. The number of nitrogens with zero attached hydrogens (tertiary/aromatic N) is 1. The first-order valence-electron chi connectivity index (χ1n) is 10.6. The molecule has 1 fully saturated rings. The summed E-state index contributed by atoms with van der Waals surface area (Å²) in [5.41, 5.74) is 0.860. The van der Waals surface area contributed by atoms with E-state index in [1.807, 2.05) is 26.0 Å². The van der Waals surface area contributed by atoms with Crippen LogP contribution in [-0.4, -0.2) is 33.5 Å². The third-order valence-corrected chi connectivity index (χ3v) is 6.95. The van der Waals surface area contributed by atoms with Gasteiger partial charge in [0, 0.05) is 42.0 Å². The summed E-state index contributed by atoms with van der Waals surface area (Å²) in [6.45, 7) is 5.73. The summed E-state index contributed by atoms with van der Waals surface area (Å²) < 4.78 is 32.5. The zero-order chi connectivity index (χ0) is 22.9. The molecule has 2 N–H and O–H groups in total. The summed E-state index contributed by atoms with van der Waals surface area (Å²) in [6.07, 6.45) is 1.69. The SMILES string of the molecule is CCN(CC)c1ccc2cc(C(=O)Nc3ccc(S(=O)(=O)NC4CC4)cc3)c(=O)oc2c1. The number of amides is 1. The van der Waals surface area contributed by atoms with Crippen LogP contribution in [0.15, 0.2) is 62.6 Å². The van der Waals surface area contributed by atoms with Gasteiger partial charge in [0.1, 0.15) is 11.1 Å². The van der Waals surface area contributed by atoms with Crippen LogP contribution in [0, 0.1) is 0 Å². The van der Waals surface area contributed by atoms with Gasteiger partial charge >= 0.3 is 5.63 Å². The van der Waals surface area contributed by atoms with E-state index in [4.69, 9.17) is 4.42 Å². The molecule has 32 heavy (non-hydrogen) atoms. The molecule has 1 heterocycles. The van der Waals surface area contributed by atoms with Gasteiger partial charge in [0.15, 0.2) is 0 Å². The predicted octanol–water partition coefficient (Wildman–Crippen LogP) is 3.33. The number of nitrogens with one attached hydrogen (secondary N) is 2. The van der Waals surface area contributed by atoms with E-state index in [9.17, 15) is 18.0 Å². The van der Waals surface area contributed by atoms with Crippen LogP contribution in [0.1, 0.15) is 37.0 Å². The first kappa shape index (κ1) is 22.0. The molecule has 8 nitrogen and oxygen atoms in total. The van der Waals surface area contributed by atoms with E-state index >= 15 is 0 Å². The van der Waals surface area contributed by atoms with Crippen LogP contribution in [0.4, 0.5) is 11.4 Å². The van der Waals surface area contributed by atoms with Crippen molar-refractivity contribution in [2.75, 3.05) is 23.3 Å². The van der Waals surface area contributed by atoms with Crippen molar-refractivity contribution in [1.29, 1.82) is 0 Å². The molecule has 0 unspecified atom stereocenters. The highest BCUT2D eigenvalue weighted by Crippen LogP contribution is 2.24. The third kappa shape index (κ3) is 4.68. The van der Waals surface area contributed by atoms with Gasteiger partial charge in [-0.05, 0) is 69.2 Å². The second-order valence-corrected chi connectivity index (χ2v) is 9.43. The Morgan fingerprint density at radius 2 is 1.75 bits per heavy atom. The van der Waals surface area contributed by atoms with E-state index in [0.717, 1.165) is 31.6 Å². The lowest BCUT2D eigenvalue weighted by Gasteiger charge is -2.21. The molecule has 1 amide bonds. The lowest BCUT2D eigenvalue weighted by atomic mass is 10.1. The molecule has 9 heteroatoms.